The van der Waals surface area contributed by atoms with E-state index in [2.05, 4.69) is 5.16 Å². The van der Waals surface area contributed by atoms with Gasteiger partial charge in [-0.25, -0.2) is 0 Å². The summed E-state index contributed by atoms with van der Waals surface area (Å²) in [5.74, 6) is 0.809. The van der Waals surface area contributed by atoms with Gasteiger partial charge in [0.2, 0.25) is 0 Å². The number of rotatable bonds is 4. The molecule has 3 heterocycles. The van der Waals surface area contributed by atoms with E-state index in [9.17, 15) is 9.90 Å². The zero-order chi connectivity index (χ0) is 16.4. The third kappa shape index (κ3) is 3.19. The predicted molar refractivity (Wildman–Crippen MR) is 88.5 cm³/mol. The van der Waals surface area contributed by atoms with E-state index in [-0.39, 0.29) is 11.8 Å². The molecule has 6 heteroatoms. The molecule has 2 aromatic rings. The molecule has 5 nitrogen and oxygen atoms in total. The van der Waals surface area contributed by atoms with Crippen LogP contribution in [-0.4, -0.2) is 34.2 Å². The smallest absolute Gasteiger partial charge is 0.259 e. The van der Waals surface area contributed by atoms with Crippen molar-refractivity contribution < 1.29 is 14.4 Å². The van der Waals surface area contributed by atoms with E-state index in [0.717, 1.165) is 23.4 Å². The average molecular weight is 334 g/mol. The summed E-state index contributed by atoms with van der Waals surface area (Å²) >= 11 is 1.59. The van der Waals surface area contributed by atoms with Crippen molar-refractivity contribution in [2.75, 3.05) is 13.1 Å². The molecule has 0 radical (unpaired) electrons. The first kappa shape index (κ1) is 16.2. The zero-order valence-electron chi connectivity index (χ0n) is 13.5. The van der Waals surface area contributed by atoms with Crippen LogP contribution in [0.15, 0.2) is 22.0 Å². The van der Waals surface area contributed by atoms with E-state index in [1.807, 2.05) is 29.3 Å². The number of amides is 1. The monoisotopic (exact) mass is 334 g/mol. The molecular weight excluding hydrogens is 312 g/mol. The molecular formula is C17H22N2O3S. The fraction of sp³-hybridized carbons (Fsp3) is 0.529. The lowest BCUT2D eigenvalue weighted by molar-refractivity contribution is 0.0472. The highest BCUT2D eigenvalue weighted by Gasteiger charge is 2.31. The van der Waals surface area contributed by atoms with E-state index in [1.165, 1.54) is 0 Å². The third-order valence-electron chi connectivity index (χ3n) is 4.59. The third-order valence-corrected chi connectivity index (χ3v) is 5.53. The van der Waals surface area contributed by atoms with Crippen molar-refractivity contribution in [2.24, 2.45) is 5.92 Å². The molecule has 1 unspecified atom stereocenters. The minimum Gasteiger partial charge on any atom is -0.387 e. The van der Waals surface area contributed by atoms with Crippen LogP contribution < -0.4 is 0 Å². The van der Waals surface area contributed by atoms with Crippen molar-refractivity contribution in [3.8, 4) is 0 Å². The number of carbonyl (C=O) groups is 1. The zero-order valence-corrected chi connectivity index (χ0v) is 14.3. The summed E-state index contributed by atoms with van der Waals surface area (Å²) in [6, 6.07) is 3.93. The van der Waals surface area contributed by atoms with Crippen LogP contribution in [0, 0.1) is 12.8 Å². The van der Waals surface area contributed by atoms with Crippen molar-refractivity contribution in [1.29, 1.82) is 0 Å². The summed E-state index contributed by atoms with van der Waals surface area (Å²) in [7, 11) is 0. The highest BCUT2D eigenvalue weighted by Crippen LogP contribution is 2.33. The molecule has 1 fully saturated rings. The number of hydrogen-bond donors (Lipinski definition) is 1. The van der Waals surface area contributed by atoms with Gasteiger partial charge in [0.05, 0.1) is 11.8 Å². The quantitative estimate of drug-likeness (QED) is 0.932. The molecule has 1 aliphatic heterocycles. The number of aromatic nitrogens is 1. The van der Waals surface area contributed by atoms with Crippen LogP contribution in [-0.2, 0) is 6.42 Å². The molecule has 2 aromatic heterocycles. The fourth-order valence-electron chi connectivity index (χ4n) is 3.20. The average Bonchev–Trinajstić information content (AvgIpc) is 3.23. The Labute approximate surface area is 139 Å². The summed E-state index contributed by atoms with van der Waals surface area (Å²) in [6.07, 6.45) is 1.90. The van der Waals surface area contributed by atoms with Crippen LogP contribution in [0.5, 0.6) is 0 Å². The Hall–Kier alpha value is -1.66. The van der Waals surface area contributed by atoms with E-state index >= 15 is 0 Å². The lowest BCUT2D eigenvalue weighted by atomic mass is 9.90. The summed E-state index contributed by atoms with van der Waals surface area (Å²) in [4.78, 5) is 15.6. The standard InChI is InChI=1S/C17H22N2O3S/c1-3-13-15(11(2)22-18-13)17(21)19-8-6-12(7-9-19)16(20)14-5-4-10-23-14/h4-5,10,12,16,20H,3,6-9H2,1-2H3. The maximum Gasteiger partial charge on any atom is 0.259 e. The number of hydrogen-bond acceptors (Lipinski definition) is 5. The van der Waals surface area contributed by atoms with Crippen molar-refractivity contribution in [2.45, 2.75) is 39.2 Å². The first-order valence-electron chi connectivity index (χ1n) is 8.07. The molecule has 23 heavy (non-hydrogen) atoms. The first-order valence-corrected chi connectivity index (χ1v) is 8.95. The Morgan fingerprint density at radius 2 is 2.26 bits per heavy atom. The van der Waals surface area contributed by atoms with Gasteiger partial charge in [-0.15, -0.1) is 11.3 Å². The fourth-order valence-corrected chi connectivity index (χ4v) is 4.00. The normalized spacial score (nSPS) is 17.4. The molecule has 124 valence electrons. The number of carbonyl (C=O) groups excluding carboxylic acids is 1. The van der Waals surface area contributed by atoms with Gasteiger partial charge < -0.3 is 14.5 Å². The van der Waals surface area contributed by atoms with Crippen LogP contribution in [0.1, 0.15) is 52.6 Å². The Morgan fingerprint density at radius 1 is 1.52 bits per heavy atom. The molecule has 1 aliphatic rings. The van der Waals surface area contributed by atoms with Crippen molar-refractivity contribution >= 4 is 17.2 Å². The lowest BCUT2D eigenvalue weighted by Crippen LogP contribution is -2.40. The second-order valence-electron chi connectivity index (χ2n) is 6.00. The van der Waals surface area contributed by atoms with Crippen LogP contribution in [0.25, 0.3) is 0 Å². The largest absolute Gasteiger partial charge is 0.387 e. The van der Waals surface area contributed by atoms with Gasteiger partial charge in [0.15, 0.2) is 0 Å². The van der Waals surface area contributed by atoms with Gasteiger partial charge in [0.1, 0.15) is 11.3 Å². The summed E-state index contributed by atoms with van der Waals surface area (Å²) in [5.41, 5.74) is 1.35. The Bertz CT molecular complexity index is 657. The van der Waals surface area contributed by atoms with Gasteiger partial charge in [-0.2, -0.15) is 0 Å². The number of aliphatic hydroxyl groups excluding tert-OH is 1. The second-order valence-corrected chi connectivity index (χ2v) is 6.98. The van der Waals surface area contributed by atoms with Crippen LogP contribution in [0.2, 0.25) is 0 Å². The second kappa shape index (κ2) is 6.84. The van der Waals surface area contributed by atoms with Gasteiger partial charge >= 0.3 is 0 Å². The van der Waals surface area contributed by atoms with Crippen LogP contribution in [0.3, 0.4) is 0 Å². The number of piperidine rings is 1. The van der Waals surface area contributed by atoms with Gasteiger partial charge in [-0.1, -0.05) is 18.1 Å². The number of thiophene rings is 1. The van der Waals surface area contributed by atoms with E-state index in [4.69, 9.17) is 4.52 Å². The Balaban J connectivity index is 1.65. The number of nitrogens with zero attached hydrogens (tertiary/aromatic N) is 2. The van der Waals surface area contributed by atoms with Gasteiger partial charge in [-0.3, -0.25) is 4.79 Å². The lowest BCUT2D eigenvalue weighted by Gasteiger charge is -2.34. The molecule has 1 saturated heterocycles. The Morgan fingerprint density at radius 3 is 2.87 bits per heavy atom. The maximum atomic E-state index is 12.7. The molecule has 0 spiro atoms. The summed E-state index contributed by atoms with van der Waals surface area (Å²) in [6.45, 7) is 5.09. The van der Waals surface area contributed by atoms with Gasteiger partial charge in [0.25, 0.3) is 5.91 Å². The van der Waals surface area contributed by atoms with E-state index < -0.39 is 6.10 Å². The predicted octanol–water partition coefficient (Wildman–Crippen LogP) is 3.19. The molecule has 0 aliphatic carbocycles. The summed E-state index contributed by atoms with van der Waals surface area (Å²) in [5, 5.41) is 16.4. The molecule has 1 amide bonds. The Kier molecular flexibility index (Phi) is 4.82. The van der Waals surface area contributed by atoms with E-state index in [1.54, 1.807) is 18.3 Å². The number of aryl methyl sites for hydroxylation is 2. The SMILES string of the molecule is CCc1noc(C)c1C(=O)N1CCC(C(O)c2cccs2)CC1. The maximum absolute atomic E-state index is 12.7. The highest BCUT2D eigenvalue weighted by atomic mass is 32.1. The van der Waals surface area contributed by atoms with Gasteiger partial charge in [0, 0.05) is 18.0 Å². The molecule has 1 atom stereocenters. The first-order chi connectivity index (χ1) is 11.1. The van der Waals surface area contributed by atoms with Gasteiger partial charge in [-0.05, 0) is 43.6 Å². The topological polar surface area (TPSA) is 66.6 Å². The van der Waals surface area contributed by atoms with Crippen LogP contribution in [0.4, 0.5) is 0 Å². The van der Waals surface area contributed by atoms with E-state index in [0.29, 0.717) is 30.8 Å². The van der Waals surface area contributed by atoms with Crippen molar-refractivity contribution in [3.05, 3.63) is 39.4 Å². The number of aliphatic hydroxyl groups is 1. The minimum atomic E-state index is -0.421. The molecule has 0 bridgehead atoms. The summed E-state index contributed by atoms with van der Waals surface area (Å²) < 4.78 is 5.17. The van der Waals surface area contributed by atoms with Crippen molar-refractivity contribution in [3.63, 3.8) is 0 Å². The van der Waals surface area contributed by atoms with Crippen LogP contribution >= 0.6 is 11.3 Å². The highest BCUT2D eigenvalue weighted by molar-refractivity contribution is 7.10. The molecule has 3 rings (SSSR count). The molecule has 0 saturated carbocycles. The minimum absolute atomic E-state index is 0.00432. The molecule has 1 N–H and O–H groups in total. The van der Waals surface area contributed by atoms with Crippen molar-refractivity contribution in [1.82, 2.24) is 10.1 Å². The molecule has 0 aromatic carbocycles. The number of likely N-dealkylation sites (tertiary alicyclic amines) is 1.